The number of hydrogen-bond acceptors (Lipinski definition) is 5. The first kappa shape index (κ1) is 17.3. The molecule has 118 valence electrons. The van der Waals surface area contributed by atoms with Crippen molar-refractivity contribution < 1.29 is 9.53 Å². The second kappa shape index (κ2) is 7.46. The molecule has 0 fully saturated rings. The number of nitrogens with zero attached hydrogens (tertiary/aromatic N) is 3. The van der Waals surface area contributed by atoms with Crippen LogP contribution < -0.4 is 9.64 Å². The Morgan fingerprint density at radius 3 is 2.64 bits per heavy atom. The Labute approximate surface area is 146 Å². The Morgan fingerprint density at radius 1 is 1.36 bits per heavy atom. The van der Waals surface area contributed by atoms with E-state index in [9.17, 15) is 4.79 Å². The molecule has 9 heteroatoms. The predicted octanol–water partition coefficient (Wildman–Crippen LogP) is 4.32. The van der Waals surface area contributed by atoms with Gasteiger partial charge >= 0.3 is 0 Å². The SMILES string of the molecule is CC(C)N(C(=O)COc1nc(Cl)ns1)c1ccc(Cl)cc1Cl. The van der Waals surface area contributed by atoms with Crippen LogP contribution in [0.3, 0.4) is 0 Å². The van der Waals surface area contributed by atoms with E-state index in [-0.39, 0.29) is 29.0 Å². The van der Waals surface area contributed by atoms with Gasteiger partial charge in [0, 0.05) is 22.6 Å². The summed E-state index contributed by atoms with van der Waals surface area (Å²) in [6, 6.07) is 4.86. The summed E-state index contributed by atoms with van der Waals surface area (Å²) in [6.07, 6.45) is 0. The minimum Gasteiger partial charge on any atom is -0.459 e. The summed E-state index contributed by atoms with van der Waals surface area (Å²) in [5, 5.41) is 1.23. The van der Waals surface area contributed by atoms with Crippen molar-refractivity contribution in [2.75, 3.05) is 11.5 Å². The highest BCUT2D eigenvalue weighted by atomic mass is 35.5. The third-order valence-electron chi connectivity index (χ3n) is 2.66. The highest BCUT2D eigenvalue weighted by molar-refractivity contribution is 7.07. The molecule has 0 atom stereocenters. The Hall–Kier alpha value is -1.08. The van der Waals surface area contributed by atoms with Gasteiger partial charge in [-0.1, -0.05) is 23.2 Å². The van der Waals surface area contributed by atoms with E-state index in [0.29, 0.717) is 15.7 Å². The zero-order valence-electron chi connectivity index (χ0n) is 11.7. The quantitative estimate of drug-likeness (QED) is 0.775. The van der Waals surface area contributed by atoms with Crippen molar-refractivity contribution in [3.8, 4) is 5.19 Å². The summed E-state index contributed by atoms with van der Waals surface area (Å²) in [5.74, 6) is -0.259. The molecular weight excluding hydrogens is 369 g/mol. The van der Waals surface area contributed by atoms with Crippen molar-refractivity contribution in [3.05, 3.63) is 33.5 Å². The van der Waals surface area contributed by atoms with E-state index in [1.165, 1.54) is 0 Å². The molecule has 1 aromatic heterocycles. The highest BCUT2D eigenvalue weighted by Crippen LogP contribution is 2.30. The summed E-state index contributed by atoms with van der Waals surface area (Å²) in [7, 11) is 0. The molecule has 22 heavy (non-hydrogen) atoms. The minimum atomic E-state index is -0.259. The maximum atomic E-state index is 12.4. The molecule has 0 radical (unpaired) electrons. The Morgan fingerprint density at radius 2 is 2.09 bits per heavy atom. The fraction of sp³-hybridized carbons (Fsp3) is 0.308. The maximum absolute atomic E-state index is 12.4. The van der Waals surface area contributed by atoms with Crippen molar-refractivity contribution >= 4 is 57.9 Å². The van der Waals surface area contributed by atoms with Crippen LogP contribution in [0.5, 0.6) is 5.19 Å². The standard InChI is InChI=1S/C13H12Cl3N3O2S/c1-7(2)19(10-4-3-8(14)5-9(10)15)11(20)6-21-13-17-12(16)18-22-13/h3-5,7H,6H2,1-2H3. The van der Waals surface area contributed by atoms with Crippen LogP contribution in [-0.2, 0) is 4.79 Å². The average molecular weight is 381 g/mol. The van der Waals surface area contributed by atoms with Crippen LogP contribution in [0.4, 0.5) is 5.69 Å². The Balaban J connectivity index is 2.14. The molecule has 5 nitrogen and oxygen atoms in total. The monoisotopic (exact) mass is 379 g/mol. The highest BCUT2D eigenvalue weighted by Gasteiger charge is 2.22. The van der Waals surface area contributed by atoms with Crippen molar-refractivity contribution in [2.24, 2.45) is 0 Å². The number of amides is 1. The molecule has 0 bridgehead atoms. The van der Waals surface area contributed by atoms with Gasteiger partial charge in [-0.25, -0.2) is 0 Å². The number of ether oxygens (including phenoxy) is 1. The van der Waals surface area contributed by atoms with Gasteiger partial charge in [0.05, 0.1) is 10.7 Å². The van der Waals surface area contributed by atoms with Gasteiger partial charge in [-0.15, -0.1) is 0 Å². The van der Waals surface area contributed by atoms with Crippen molar-refractivity contribution in [1.29, 1.82) is 0 Å². The van der Waals surface area contributed by atoms with E-state index in [4.69, 9.17) is 39.5 Å². The fourth-order valence-electron chi connectivity index (χ4n) is 1.82. The molecule has 0 unspecified atom stereocenters. The van der Waals surface area contributed by atoms with Gasteiger partial charge in [0.15, 0.2) is 6.61 Å². The molecule has 0 N–H and O–H groups in total. The summed E-state index contributed by atoms with van der Waals surface area (Å²) in [4.78, 5) is 17.8. The van der Waals surface area contributed by atoms with Crippen LogP contribution in [-0.4, -0.2) is 27.9 Å². The molecule has 1 amide bonds. The molecule has 0 saturated heterocycles. The Kier molecular flexibility index (Phi) is 5.86. The van der Waals surface area contributed by atoms with Crippen molar-refractivity contribution in [2.45, 2.75) is 19.9 Å². The van der Waals surface area contributed by atoms with E-state index in [0.717, 1.165) is 11.5 Å². The van der Waals surface area contributed by atoms with E-state index < -0.39 is 0 Å². The summed E-state index contributed by atoms with van der Waals surface area (Å²) in [5.41, 5.74) is 0.574. The van der Waals surface area contributed by atoms with Crippen LogP contribution in [0.25, 0.3) is 0 Å². The smallest absolute Gasteiger partial charge is 0.294 e. The van der Waals surface area contributed by atoms with Gasteiger partial charge < -0.3 is 9.64 Å². The number of aromatic nitrogens is 2. The van der Waals surface area contributed by atoms with E-state index in [1.54, 1.807) is 23.1 Å². The van der Waals surface area contributed by atoms with Crippen LogP contribution >= 0.6 is 46.3 Å². The molecule has 0 aliphatic heterocycles. The third-order valence-corrected chi connectivity index (χ3v) is 4.09. The molecule has 0 spiro atoms. The molecule has 1 aromatic carbocycles. The van der Waals surface area contributed by atoms with Gasteiger partial charge in [-0.05, 0) is 43.6 Å². The number of hydrogen-bond donors (Lipinski definition) is 0. The molecule has 2 aromatic rings. The number of benzene rings is 1. The lowest BCUT2D eigenvalue weighted by molar-refractivity contribution is -0.120. The number of carbonyl (C=O) groups is 1. The predicted molar refractivity (Wildman–Crippen MR) is 89.5 cm³/mol. The summed E-state index contributed by atoms with van der Waals surface area (Å²) >= 11 is 18.6. The van der Waals surface area contributed by atoms with Crippen molar-refractivity contribution in [1.82, 2.24) is 9.36 Å². The van der Waals surface area contributed by atoms with E-state index in [2.05, 4.69) is 9.36 Å². The zero-order chi connectivity index (χ0) is 16.3. The molecule has 0 aliphatic carbocycles. The third kappa shape index (κ3) is 4.23. The largest absolute Gasteiger partial charge is 0.459 e. The van der Waals surface area contributed by atoms with Crippen LogP contribution in [0.1, 0.15) is 13.8 Å². The number of anilines is 1. The second-order valence-electron chi connectivity index (χ2n) is 4.57. The zero-order valence-corrected chi connectivity index (χ0v) is 14.8. The normalized spacial score (nSPS) is 10.8. The number of rotatable bonds is 5. The summed E-state index contributed by atoms with van der Waals surface area (Å²) in [6.45, 7) is 3.57. The minimum absolute atomic E-state index is 0.0916. The second-order valence-corrected chi connectivity index (χ2v) is 6.47. The average Bonchev–Trinajstić information content (AvgIpc) is 2.85. The van der Waals surface area contributed by atoms with Crippen LogP contribution in [0, 0.1) is 0 Å². The van der Waals surface area contributed by atoms with Gasteiger partial charge in [0.2, 0.25) is 5.28 Å². The maximum Gasteiger partial charge on any atom is 0.294 e. The van der Waals surface area contributed by atoms with Gasteiger partial charge in [-0.2, -0.15) is 9.36 Å². The van der Waals surface area contributed by atoms with E-state index in [1.807, 2.05) is 13.8 Å². The lowest BCUT2D eigenvalue weighted by Gasteiger charge is -2.27. The van der Waals surface area contributed by atoms with Crippen LogP contribution in [0.2, 0.25) is 15.3 Å². The van der Waals surface area contributed by atoms with E-state index >= 15 is 0 Å². The molecule has 2 rings (SSSR count). The molecule has 0 aliphatic rings. The first-order valence-corrected chi connectivity index (χ1v) is 8.18. The van der Waals surface area contributed by atoms with Gasteiger partial charge in [0.25, 0.3) is 11.1 Å². The van der Waals surface area contributed by atoms with Crippen LogP contribution in [0.15, 0.2) is 18.2 Å². The topological polar surface area (TPSA) is 55.3 Å². The fourth-order valence-corrected chi connectivity index (χ4v) is 2.98. The molecular formula is C13H12Cl3N3O2S. The number of carbonyl (C=O) groups excluding carboxylic acids is 1. The Bertz CT molecular complexity index is 678. The van der Waals surface area contributed by atoms with Crippen molar-refractivity contribution in [3.63, 3.8) is 0 Å². The molecule has 1 heterocycles. The lowest BCUT2D eigenvalue weighted by Crippen LogP contribution is -2.40. The van der Waals surface area contributed by atoms with Gasteiger partial charge in [-0.3, -0.25) is 4.79 Å². The first-order valence-electron chi connectivity index (χ1n) is 6.27. The number of halogens is 3. The summed E-state index contributed by atoms with van der Waals surface area (Å²) < 4.78 is 9.07. The molecule has 0 saturated carbocycles. The first-order chi connectivity index (χ1) is 10.4. The van der Waals surface area contributed by atoms with Gasteiger partial charge in [0.1, 0.15) is 0 Å². The lowest BCUT2D eigenvalue weighted by atomic mass is 10.2.